The van der Waals surface area contributed by atoms with E-state index in [1.165, 1.54) is 14.2 Å². The van der Waals surface area contributed by atoms with E-state index < -0.39 is 18.0 Å². The molecule has 2 amide bonds. The van der Waals surface area contributed by atoms with Gasteiger partial charge in [0, 0.05) is 25.9 Å². The van der Waals surface area contributed by atoms with Crippen molar-refractivity contribution >= 4 is 12.0 Å². The Kier molecular flexibility index (Phi) is 6.24. The minimum atomic E-state index is -1.16. The van der Waals surface area contributed by atoms with Crippen molar-refractivity contribution in [2.24, 2.45) is 0 Å². The van der Waals surface area contributed by atoms with E-state index in [1.54, 1.807) is 18.3 Å². The minimum absolute atomic E-state index is 0.105. The van der Waals surface area contributed by atoms with Crippen LogP contribution in [0.5, 0.6) is 5.88 Å². The van der Waals surface area contributed by atoms with Gasteiger partial charge in [0.2, 0.25) is 5.88 Å². The van der Waals surface area contributed by atoms with Crippen molar-refractivity contribution in [3.63, 3.8) is 0 Å². The summed E-state index contributed by atoms with van der Waals surface area (Å²) < 4.78 is 9.67. The Hall–Kier alpha value is -2.35. The van der Waals surface area contributed by atoms with Crippen molar-refractivity contribution in [3.05, 3.63) is 23.9 Å². The van der Waals surface area contributed by atoms with Crippen LogP contribution >= 0.6 is 0 Å². The third-order valence-electron chi connectivity index (χ3n) is 2.40. The lowest BCUT2D eigenvalue weighted by molar-refractivity contribution is -0.140. The van der Waals surface area contributed by atoms with Gasteiger partial charge in [-0.05, 0) is 11.6 Å². The molecule has 0 aliphatic rings. The number of ether oxygens (including phenoxy) is 2. The average Bonchev–Trinajstić information content (AvgIpc) is 2.44. The molecule has 0 aliphatic carbocycles. The lowest BCUT2D eigenvalue weighted by Crippen LogP contribution is -2.48. The fourth-order valence-electron chi connectivity index (χ4n) is 1.41. The summed E-state index contributed by atoms with van der Waals surface area (Å²) in [5, 5.41) is 13.7. The van der Waals surface area contributed by atoms with E-state index in [9.17, 15) is 9.59 Å². The number of carboxylic acid groups (broad SMARTS) is 1. The molecule has 0 fully saturated rings. The number of aromatic nitrogens is 1. The molecule has 1 rings (SSSR count). The molecule has 8 nitrogen and oxygen atoms in total. The maximum atomic E-state index is 11.6. The van der Waals surface area contributed by atoms with E-state index in [0.29, 0.717) is 5.88 Å². The van der Waals surface area contributed by atoms with Gasteiger partial charge >= 0.3 is 12.0 Å². The third kappa shape index (κ3) is 5.11. The van der Waals surface area contributed by atoms with Crippen LogP contribution in [-0.2, 0) is 16.1 Å². The first kappa shape index (κ1) is 15.7. The number of urea groups is 1. The van der Waals surface area contributed by atoms with Crippen molar-refractivity contribution in [2.45, 2.75) is 12.6 Å². The number of carbonyl (C=O) groups is 2. The number of aliphatic carboxylic acids is 1. The van der Waals surface area contributed by atoms with Crippen molar-refractivity contribution in [1.29, 1.82) is 0 Å². The highest BCUT2D eigenvalue weighted by Gasteiger charge is 2.19. The summed E-state index contributed by atoms with van der Waals surface area (Å²) >= 11 is 0. The van der Waals surface area contributed by atoms with Crippen molar-refractivity contribution < 1.29 is 24.2 Å². The van der Waals surface area contributed by atoms with Crippen molar-refractivity contribution in [3.8, 4) is 5.88 Å². The molecule has 0 saturated heterocycles. The average molecular weight is 283 g/mol. The molecule has 8 heteroatoms. The van der Waals surface area contributed by atoms with Gasteiger partial charge in [-0.15, -0.1) is 0 Å². The summed E-state index contributed by atoms with van der Waals surface area (Å²) in [4.78, 5) is 26.3. The van der Waals surface area contributed by atoms with Gasteiger partial charge in [-0.25, -0.2) is 14.6 Å². The molecule has 1 aromatic rings. The van der Waals surface area contributed by atoms with Crippen LogP contribution < -0.4 is 15.4 Å². The minimum Gasteiger partial charge on any atom is -0.481 e. The SMILES string of the molecule is COCC(NC(=O)NCc1ccnc(OC)c1)C(=O)O. The Morgan fingerprint density at radius 2 is 2.20 bits per heavy atom. The number of carbonyl (C=O) groups excluding carboxylic acids is 1. The van der Waals surface area contributed by atoms with Crippen LogP contribution in [0, 0.1) is 0 Å². The van der Waals surface area contributed by atoms with E-state index in [4.69, 9.17) is 14.6 Å². The quantitative estimate of drug-likeness (QED) is 0.649. The van der Waals surface area contributed by atoms with E-state index in [-0.39, 0.29) is 13.2 Å². The summed E-state index contributed by atoms with van der Waals surface area (Å²) in [6.45, 7) is 0.121. The van der Waals surface area contributed by atoms with Gasteiger partial charge in [0.15, 0.2) is 6.04 Å². The van der Waals surface area contributed by atoms with E-state index >= 15 is 0 Å². The zero-order valence-electron chi connectivity index (χ0n) is 11.3. The van der Waals surface area contributed by atoms with Gasteiger partial charge in [0.1, 0.15) is 0 Å². The number of carboxylic acids is 1. The number of nitrogens with one attached hydrogen (secondary N) is 2. The van der Waals surface area contributed by atoms with Gasteiger partial charge in [-0.2, -0.15) is 0 Å². The lowest BCUT2D eigenvalue weighted by Gasteiger charge is -2.14. The number of nitrogens with zero attached hydrogens (tertiary/aromatic N) is 1. The summed E-state index contributed by atoms with van der Waals surface area (Å²) in [6, 6.07) is 1.70. The van der Waals surface area contributed by atoms with Crippen LogP contribution in [0.3, 0.4) is 0 Å². The fourth-order valence-corrected chi connectivity index (χ4v) is 1.41. The maximum Gasteiger partial charge on any atom is 0.328 e. The molecule has 0 bridgehead atoms. The second-order valence-corrected chi connectivity index (χ2v) is 3.88. The number of amides is 2. The van der Waals surface area contributed by atoms with Crippen LogP contribution in [0.1, 0.15) is 5.56 Å². The number of rotatable bonds is 7. The molecular weight excluding hydrogens is 266 g/mol. The topological polar surface area (TPSA) is 110 Å². The second kappa shape index (κ2) is 7.95. The zero-order chi connectivity index (χ0) is 15.0. The second-order valence-electron chi connectivity index (χ2n) is 3.88. The van der Waals surface area contributed by atoms with Gasteiger partial charge in [-0.3, -0.25) is 0 Å². The Morgan fingerprint density at radius 1 is 1.45 bits per heavy atom. The molecular formula is C12H17N3O5. The predicted octanol–water partition coefficient (Wildman–Crippen LogP) is -0.0110. The number of pyridine rings is 1. The molecule has 0 radical (unpaired) electrons. The van der Waals surface area contributed by atoms with Crippen LogP contribution in [0.15, 0.2) is 18.3 Å². The van der Waals surface area contributed by atoms with Gasteiger partial charge < -0.3 is 25.2 Å². The molecule has 1 unspecified atom stereocenters. The van der Waals surface area contributed by atoms with Crippen LogP contribution in [0.25, 0.3) is 0 Å². The van der Waals surface area contributed by atoms with E-state index in [1.807, 2.05) is 0 Å². The standard InChI is InChI=1S/C12H17N3O5/c1-19-7-9(11(16)17)15-12(18)14-6-8-3-4-13-10(5-8)20-2/h3-5,9H,6-7H2,1-2H3,(H,16,17)(H2,14,15,18). The molecule has 0 aromatic carbocycles. The number of hydrogen-bond acceptors (Lipinski definition) is 5. The van der Waals surface area contributed by atoms with Gasteiger partial charge in [0.05, 0.1) is 13.7 Å². The first-order valence-corrected chi connectivity index (χ1v) is 5.82. The van der Waals surface area contributed by atoms with Gasteiger partial charge in [0.25, 0.3) is 0 Å². The Balaban J connectivity index is 2.47. The number of methoxy groups -OCH3 is 2. The molecule has 20 heavy (non-hydrogen) atoms. The Morgan fingerprint density at radius 3 is 2.80 bits per heavy atom. The fraction of sp³-hybridized carbons (Fsp3) is 0.417. The van der Waals surface area contributed by atoms with Crippen molar-refractivity contribution in [1.82, 2.24) is 15.6 Å². The first-order chi connectivity index (χ1) is 9.56. The monoisotopic (exact) mass is 283 g/mol. The highest BCUT2D eigenvalue weighted by Crippen LogP contribution is 2.07. The first-order valence-electron chi connectivity index (χ1n) is 5.82. The normalized spacial score (nSPS) is 11.5. The van der Waals surface area contributed by atoms with E-state index in [2.05, 4.69) is 15.6 Å². The molecule has 0 spiro atoms. The van der Waals surface area contributed by atoms with E-state index in [0.717, 1.165) is 5.56 Å². The highest BCUT2D eigenvalue weighted by atomic mass is 16.5. The Bertz CT molecular complexity index is 466. The molecule has 1 heterocycles. The molecule has 1 aromatic heterocycles. The smallest absolute Gasteiger partial charge is 0.328 e. The summed E-state index contributed by atoms with van der Waals surface area (Å²) in [6.07, 6.45) is 1.55. The van der Waals surface area contributed by atoms with Gasteiger partial charge in [-0.1, -0.05) is 0 Å². The Labute approximate surface area is 116 Å². The molecule has 3 N–H and O–H groups in total. The maximum absolute atomic E-state index is 11.6. The van der Waals surface area contributed by atoms with Crippen molar-refractivity contribution in [2.75, 3.05) is 20.8 Å². The van der Waals surface area contributed by atoms with Crippen LogP contribution in [-0.4, -0.2) is 49.0 Å². The lowest BCUT2D eigenvalue weighted by atomic mass is 10.2. The van der Waals surface area contributed by atoms with Crippen LogP contribution in [0.4, 0.5) is 4.79 Å². The summed E-state index contributed by atoms with van der Waals surface area (Å²) in [5.74, 6) is -0.722. The zero-order valence-corrected chi connectivity index (χ0v) is 11.3. The highest BCUT2D eigenvalue weighted by molar-refractivity contribution is 5.82. The summed E-state index contributed by atoms with van der Waals surface area (Å²) in [5.41, 5.74) is 0.783. The molecule has 0 saturated carbocycles. The molecule has 0 aliphatic heterocycles. The largest absolute Gasteiger partial charge is 0.481 e. The molecule has 1 atom stereocenters. The summed E-state index contributed by atoms with van der Waals surface area (Å²) in [7, 11) is 2.85. The predicted molar refractivity (Wildman–Crippen MR) is 69.5 cm³/mol. The van der Waals surface area contributed by atoms with Crippen LogP contribution in [0.2, 0.25) is 0 Å². The molecule has 110 valence electrons. The third-order valence-corrected chi connectivity index (χ3v) is 2.40. The number of hydrogen-bond donors (Lipinski definition) is 3.